The van der Waals surface area contributed by atoms with Crippen LogP contribution in [0.2, 0.25) is 0 Å². The molecule has 0 aromatic rings. The normalized spacial score (nSPS) is 19.7. The number of carbonyl (C=O) groups is 1. The molecule has 0 heterocycles. The first-order valence-corrected chi connectivity index (χ1v) is 7.61. The number of amides is 1. The van der Waals surface area contributed by atoms with Gasteiger partial charge in [-0.25, -0.2) is 0 Å². The second-order valence-corrected chi connectivity index (χ2v) is 5.88. The Hall–Kier alpha value is -0.680. The molecule has 110 valence electrons. The average molecular weight is 286 g/mol. The number of hydrogen-bond donors (Lipinski definition) is 2. The van der Waals surface area contributed by atoms with Gasteiger partial charge in [-0.2, -0.15) is 0 Å². The zero-order chi connectivity index (χ0) is 14.3. The molecule has 1 aliphatic rings. The fourth-order valence-electron chi connectivity index (χ4n) is 2.26. The summed E-state index contributed by atoms with van der Waals surface area (Å²) in [4.78, 5) is 12.3. The third kappa shape index (κ3) is 4.73. The summed E-state index contributed by atoms with van der Waals surface area (Å²) in [7, 11) is 0. The molecule has 1 unspecified atom stereocenters. The van der Waals surface area contributed by atoms with Crippen LogP contribution in [0.25, 0.3) is 0 Å². The van der Waals surface area contributed by atoms with E-state index in [2.05, 4.69) is 5.32 Å². The summed E-state index contributed by atoms with van der Waals surface area (Å²) in [5.41, 5.74) is 4.89. The van der Waals surface area contributed by atoms with E-state index in [1.54, 1.807) is 6.92 Å². The molecule has 19 heavy (non-hydrogen) atoms. The topological polar surface area (TPSA) is 64.3 Å². The van der Waals surface area contributed by atoms with Crippen LogP contribution in [0.4, 0.5) is 0 Å². The van der Waals surface area contributed by atoms with Crippen LogP contribution in [0.15, 0.2) is 0 Å². The zero-order valence-corrected chi connectivity index (χ0v) is 12.9. The Labute approximate surface area is 121 Å². The Morgan fingerprint density at radius 1 is 1.42 bits per heavy atom. The lowest BCUT2D eigenvalue weighted by atomic mass is 9.86. The van der Waals surface area contributed by atoms with Gasteiger partial charge in [0, 0.05) is 6.54 Å². The molecule has 1 saturated carbocycles. The van der Waals surface area contributed by atoms with Crippen LogP contribution in [-0.4, -0.2) is 30.2 Å². The Morgan fingerprint density at radius 3 is 2.58 bits per heavy atom. The minimum absolute atomic E-state index is 0.102. The zero-order valence-electron chi connectivity index (χ0n) is 12.0. The van der Waals surface area contributed by atoms with Gasteiger partial charge in [-0.15, -0.1) is 0 Å². The van der Waals surface area contributed by atoms with Crippen LogP contribution in [0, 0.1) is 5.41 Å². The number of thiocarbonyl (C=S) groups is 1. The van der Waals surface area contributed by atoms with Crippen LogP contribution in [-0.2, 0) is 9.53 Å². The van der Waals surface area contributed by atoms with Crippen LogP contribution in [0.3, 0.4) is 0 Å². The van der Waals surface area contributed by atoms with Gasteiger partial charge in [0.15, 0.2) is 0 Å². The molecule has 0 aromatic heterocycles. The van der Waals surface area contributed by atoms with Crippen LogP contribution in [0.1, 0.15) is 52.4 Å². The van der Waals surface area contributed by atoms with Gasteiger partial charge in [-0.1, -0.05) is 38.4 Å². The van der Waals surface area contributed by atoms with Crippen molar-refractivity contribution in [3.05, 3.63) is 0 Å². The summed E-state index contributed by atoms with van der Waals surface area (Å²) in [5.74, 6) is -0.102. The van der Waals surface area contributed by atoms with Gasteiger partial charge in [0.1, 0.15) is 0 Å². The highest BCUT2D eigenvalue weighted by Crippen LogP contribution is 2.22. The van der Waals surface area contributed by atoms with Crippen molar-refractivity contribution in [1.82, 2.24) is 5.32 Å². The fraction of sp³-hybridized carbons (Fsp3) is 0.857. The van der Waals surface area contributed by atoms with E-state index in [4.69, 9.17) is 22.7 Å². The Kier molecular flexibility index (Phi) is 6.72. The van der Waals surface area contributed by atoms with Crippen molar-refractivity contribution in [3.8, 4) is 0 Å². The molecule has 0 spiro atoms. The number of nitrogens with one attached hydrogen (secondary N) is 1. The lowest BCUT2D eigenvalue weighted by Crippen LogP contribution is -2.47. The van der Waals surface area contributed by atoms with Gasteiger partial charge in [-0.3, -0.25) is 4.79 Å². The highest BCUT2D eigenvalue weighted by Gasteiger charge is 2.34. The average Bonchev–Trinajstić information content (AvgIpc) is 2.43. The molecule has 1 aliphatic carbocycles. The summed E-state index contributed by atoms with van der Waals surface area (Å²) in [6, 6.07) is 0. The van der Waals surface area contributed by atoms with Gasteiger partial charge in [0.05, 0.1) is 23.1 Å². The molecule has 3 N–H and O–H groups in total. The molecule has 0 aromatic carbocycles. The number of hydrogen-bond acceptors (Lipinski definition) is 3. The van der Waals surface area contributed by atoms with Gasteiger partial charge in [0.2, 0.25) is 5.91 Å². The first-order valence-electron chi connectivity index (χ1n) is 7.20. The van der Waals surface area contributed by atoms with Crippen LogP contribution < -0.4 is 11.1 Å². The van der Waals surface area contributed by atoms with E-state index in [0.29, 0.717) is 25.7 Å². The van der Waals surface area contributed by atoms with Gasteiger partial charge < -0.3 is 15.8 Å². The van der Waals surface area contributed by atoms with Gasteiger partial charge in [-0.05, 0) is 26.2 Å². The summed E-state index contributed by atoms with van der Waals surface area (Å²) in [5, 5.41) is 2.86. The minimum Gasteiger partial charge on any atom is -0.392 e. The molecule has 4 nitrogen and oxygen atoms in total. The predicted octanol–water partition coefficient (Wildman–Crippen LogP) is 2.15. The summed E-state index contributed by atoms with van der Waals surface area (Å²) < 4.78 is 5.76. The molecule has 1 atom stereocenters. The van der Waals surface area contributed by atoms with Gasteiger partial charge in [0.25, 0.3) is 0 Å². The molecule has 0 aliphatic heterocycles. The summed E-state index contributed by atoms with van der Waals surface area (Å²) >= 11 is 4.97. The van der Waals surface area contributed by atoms with E-state index in [1.165, 1.54) is 19.3 Å². The number of rotatable bonds is 7. The first kappa shape index (κ1) is 16.4. The van der Waals surface area contributed by atoms with Crippen molar-refractivity contribution in [3.63, 3.8) is 0 Å². The predicted molar refractivity (Wildman–Crippen MR) is 81.0 cm³/mol. The molecule has 0 saturated heterocycles. The van der Waals surface area contributed by atoms with Crippen molar-refractivity contribution in [2.45, 2.75) is 58.5 Å². The maximum absolute atomic E-state index is 12.1. The second kappa shape index (κ2) is 7.80. The Bertz CT molecular complexity index is 317. The van der Waals surface area contributed by atoms with E-state index < -0.39 is 5.41 Å². The lowest BCUT2D eigenvalue weighted by molar-refractivity contribution is -0.127. The lowest BCUT2D eigenvalue weighted by Gasteiger charge is -2.26. The molecule has 1 rings (SSSR count). The number of nitrogens with two attached hydrogens (primary N) is 1. The summed E-state index contributed by atoms with van der Waals surface area (Å²) in [6.07, 6.45) is 7.11. The van der Waals surface area contributed by atoms with E-state index in [0.717, 1.165) is 12.8 Å². The molecule has 5 heteroatoms. The van der Waals surface area contributed by atoms with E-state index in [-0.39, 0.29) is 10.9 Å². The van der Waals surface area contributed by atoms with Crippen molar-refractivity contribution < 1.29 is 9.53 Å². The first-order chi connectivity index (χ1) is 9.00. The second-order valence-electron chi connectivity index (χ2n) is 5.44. The molecule has 0 bridgehead atoms. The SMILES string of the molecule is CCC(C)(C(=O)NCCOC1CCCCC1)C(N)=S. The fourth-order valence-corrected chi connectivity index (χ4v) is 2.50. The van der Waals surface area contributed by atoms with E-state index in [1.807, 2.05) is 6.92 Å². The third-order valence-corrected chi connectivity index (χ3v) is 4.50. The molecular weight excluding hydrogens is 260 g/mol. The highest BCUT2D eigenvalue weighted by molar-refractivity contribution is 7.80. The largest absolute Gasteiger partial charge is 0.392 e. The molecule has 1 amide bonds. The Morgan fingerprint density at radius 2 is 2.05 bits per heavy atom. The Balaban J connectivity index is 2.24. The van der Waals surface area contributed by atoms with E-state index >= 15 is 0 Å². The molecular formula is C14H26N2O2S. The van der Waals surface area contributed by atoms with Gasteiger partial charge >= 0.3 is 0 Å². The third-order valence-electron chi connectivity index (χ3n) is 4.05. The van der Waals surface area contributed by atoms with Crippen molar-refractivity contribution in [2.24, 2.45) is 11.1 Å². The van der Waals surface area contributed by atoms with Crippen LogP contribution in [0.5, 0.6) is 0 Å². The maximum Gasteiger partial charge on any atom is 0.232 e. The smallest absolute Gasteiger partial charge is 0.232 e. The van der Waals surface area contributed by atoms with Crippen molar-refractivity contribution >= 4 is 23.1 Å². The quantitative estimate of drug-likeness (QED) is 0.556. The molecule has 1 fully saturated rings. The minimum atomic E-state index is -0.750. The van der Waals surface area contributed by atoms with Crippen LogP contribution >= 0.6 is 12.2 Å². The van der Waals surface area contributed by atoms with E-state index in [9.17, 15) is 4.79 Å². The van der Waals surface area contributed by atoms with Crippen molar-refractivity contribution in [2.75, 3.05) is 13.2 Å². The van der Waals surface area contributed by atoms with Crippen molar-refractivity contribution in [1.29, 1.82) is 0 Å². The number of carbonyl (C=O) groups excluding carboxylic acids is 1. The monoisotopic (exact) mass is 286 g/mol. The maximum atomic E-state index is 12.1. The standard InChI is InChI=1S/C14H26N2O2S/c1-3-14(2,12(15)19)13(17)16-9-10-18-11-7-5-4-6-8-11/h11H,3-10H2,1-2H3,(H2,15,19)(H,16,17). The number of ether oxygens (including phenoxy) is 1. The molecule has 0 radical (unpaired) electrons. The summed E-state index contributed by atoms with van der Waals surface area (Å²) in [6.45, 7) is 4.78. The highest BCUT2D eigenvalue weighted by atomic mass is 32.1.